The second-order valence-corrected chi connectivity index (χ2v) is 3.39. The highest BCUT2D eigenvalue weighted by molar-refractivity contribution is 5.45. The molecule has 3 nitrogen and oxygen atoms in total. The van der Waals surface area contributed by atoms with Crippen LogP contribution >= 0.6 is 0 Å². The van der Waals surface area contributed by atoms with Gasteiger partial charge in [-0.2, -0.15) is 0 Å². The molecule has 0 unspecified atom stereocenters. The van der Waals surface area contributed by atoms with E-state index < -0.39 is 11.6 Å². The van der Waals surface area contributed by atoms with Crippen LogP contribution in [0.4, 0.5) is 14.5 Å². The maximum atomic E-state index is 13.2. The van der Waals surface area contributed by atoms with Crippen molar-refractivity contribution < 1.29 is 13.3 Å². The molecule has 5 heteroatoms. The number of anilines is 1. The standard InChI is InChI=1S/C11H10F2N2O/c1-7-5-8(16-15-7)6-14-10-4-2-3-9(12)11(10)13/h2-5,14H,6H2,1H3. The molecule has 0 saturated carbocycles. The summed E-state index contributed by atoms with van der Waals surface area (Å²) in [4.78, 5) is 0. The van der Waals surface area contributed by atoms with E-state index in [9.17, 15) is 8.78 Å². The first-order chi connectivity index (χ1) is 7.66. The first-order valence-electron chi connectivity index (χ1n) is 4.77. The first kappa shape index (κ1) is 10.6. The number of benzene rings is 1. The van der Waals surface area contributed by atoms with Crippen LogP contribution in [0.15, 0.2) is 28.8 Å². The molecule has 0 atom stereocenters. The van der Waals surface area contributed by atoms with Crippen molar-refractivity contribution in [2.45, 2.75) is 13.5 Å². The van der Waals surface area contributed by atoms with E-state index in [2.05, 4.69) is 10.5 Å². The van der Waals surface area contributed by atoms with Crippen LogP contribution in [0.3, 0.4) is 0 Å². The zero-order valence-corrected chi connectivity index (χ0v) is 8.63. The molecule has 1 N–H and O–H groups in total. The summed E-state index contributed by atoms with van der Waals surface area (Å²) >= 11 is 0. The lowest BCUT2D eigenvalue weighted by atomic mass is 10.3. The van der Waals surface area contributed by atoms with Gasteiger partial charge in [0.2, 0.25) is 0 Å². The van der Waals surface area contributed by atoms with Crippen LogP contribution in [0.2, 0.25) is 0 Å². The van der Waals surface area contributed by atoms with Crippen LogP contribution < -0.4 is 5.32 Å². The van der Waals surface area contributed by atoms with E-state index in [1.165, 1.54) is 12.1 Å². The summed E-state index contributed by atoms with van der Waals surface area (Å²) < 4.78 is 31.0. The van der Waals surface area contributed by atoms with Crippen molar-refractivity contribution in [3.8, 4) is 0 Å². The molecule has 1 aromatic carbocycles. The molecule has 0 aliphatic heterocycles. The predicted octanol–water partition coefficient (Wildman–Crippen LogP) is 2.87. The van der Waals surface area contributed by atoms with Crippen LogP contribution in [-0.2, 0) is 6.54 Å². The van der Waals surface area contributed by atoms with Crippen molar-refractivity contribution in [2.75, 3.05) is 5.32 Å². The minimum atomic E-state index is -0.890. The van der Waals surface area contributed by atoms with Crippen LogP contribution in [-0.4, -0.2) is 5.16 Å². The summed E-state index contributed by atoms with van der Waals surface area (Å²) in [5, 5.41) is 6.42. The predicted molar refractivity (Wildman–Crippen MR) is 54.9 cm³/mol. The molecule has 0 bridgehead atoms. The van der Waals surface area contributed by atoms with E-state index >= 15 is 0 Å². The fourth-order valence-electron chi connectivity index (χ4n) is 1.32. The number of halogens is 2. The zero-order chi connectivity index (χ0) is 11.5. The quantitative estimate of drug-likeness (QED) is 0.871. The van der Waals surface area contributed by atoms with Gasteiger partial charge in [0.25, 0.3) is 0 Å². The summed E-state index contributed by atoms with van der Waals surface area (Å²) in [6.45, 7) is 2.05. The topological polar surface area (TPSA) is 38.1 Å². The lowest BCUT2D eigenvalue weighted by Gasteiger charge is -2.05. The fourth-order valence-corrected chi connectivity index (χ4v) is 1.32. The number of rotatable bonds is 3. The van der Waals surface area contributed by atoms with Gasteiger partial charge in [-0.15, -0.1) is 0 Å². The molecular formula is C11H10F2N2O. The molecule has 0 aliphatic rings. The van der Waals surface area contributed by atoms with Gasteiger partial charge in [-0.1, -0.05) is 11.2 Å². The van der Waals surface area contributed by atoms with E-state index in [1.54, 1.807) is 13.0 Å². The number of hydrogen-bond donors (Lipinski definition) is 1. The highest BCUT2D eigenvalue weighted by Gasteiger charge is 2.07. The summed E-state index contributed by atoms with van der Waals surface area (Å²) in [5.41, 5.74) is 0.852. The molecule has 0 aliphatic carbocycles. The molecule has 0 spiro atoms. The largest absolute Gasteiger partial charge is 0.375 e. The Balaban J connectivity index is 2.07. The Kier molecular flexibility index (Phi) is 2.85. The Hall–Kier alpha value is -1.91. The number of aryl methyl sites for hydroxylation is 1. The van der Waals surface area contributed by atoms with Crippen molar-refractivity contribution in [3.05, 3.63) is 47.4 Å². The van der Waals surface area contributed by atoms with E-state index in [-0.39, 0.29) is 12.2 Å². The average molecular weight is 224 g/mol. The summed E-state index contributed by atoms with van der Waals surface area (Å²) in [6, 6.07) is 5.69. The molecule has 0 radical (unpaired) electrons. The van der Waals surface area contributed by atoms with Gasteiger partial charge in [0, 0.05) is 6.07 Å². The van der Waals surface area contributed by atoms with Crippen LogP contribution in [0, 0.1) is 18.6 Å². The van der Waals surface area contributed by atoms with Gasteiger partial charge >= 0.3 is 0 Å². The van der Waals surface area contributed by atoms with Gasteiger partial charge in [-0.25, -0.2) is 8.78 Å². The number of nitrogens with zero attached hydrogens (tertiary/aromatic N) is 1. The molecule has 2 aromatic rings. The van der Waals surface area contributed by atoms with E-state index in [0.717, 1.165) is 11.8 Å². The van der Waals surface area contributed by atoms with Crippen LogP contribution in [0.5, 0.6) is 0 Å². The van der Waals surface area contributed by atoms with Crippen LogP contribution in [0.1, 0.15) is 11.5 Å². The zero-order valence-electron chi connectivity index (χ0n) is 8.63. The van der Waals surface area contributed by atoms with Crippen molar-refractivity contribution in [1.82, 2.24) is 5.16 Å². The van der Waals surface area contributed by atoms with Gasteiger partial charge in [0.15, 0.2) is 17.4 Å². The average Bonchev–Trinajstić information content (AvgIpc) is 2.67. The number of hydrogen-bond acceptors (Lipinski definition) is 3. The Labute approximate surface area is 91.1 Å². The first-order valence-corrected chi connectivity index (χ1v) is 4.77. The molecule has 0 saturated heterocycles. The van der Waals surface area contributed by atoms with Gasteiger partial charge < -0.3 is 9.84 Å². The Morgan fingerprint density at radius 2 is 2.19 bits per heavy atom. The third kappa shape index (κ3) is 2.18. The fraction of sp³-hybridized carbons (Fsp3) is 0.182. The van der Waals surface area contributed by atoms with Gasteiger partial charge in [0.05, 0.1) is 17.9 Å². The lowest BCUT2D eigenvalue weighted by molar-refractivity contribution is 0.384. The summed E-state index contributed by atoms with van der Waals surface area (Å²) in [7, 11) is 0. The van der Waals surface area contributed by atoms with E-state index in [0.29, 0.717) is 5.76 Å². The van der Waals surface area contributed by atoms with E-state index in [4.69, 9.17) is 4.52 Å². The number of nitrogens with one attached hydrogen (secondary N) is 1. The summed E-state index contributed by atoms with van der Waals surface area (Å²) in [6.07, 6.45) is 0. The third-order valence-corrected chi connectivity index (χ3v) is 2.08. The molecule has 16 heavy (non-hydrogen) atoms. The maximum absolute atomic E-state index is 13.2. The molecular weight excluding hydrogens is 214 g/mol. The highest BCUT2D eigenvalue weighted by atomic mass is 19.2. The molecule has 84 valence electrons. The van der Waals surface area contributed by atoms with Gasteiger partial charge in [-0.3, -0.25) is 0 Å². The Bertz CT molecular complexity index is 496. The maximum Gasteiger partial charge on any atom is 0.181 e. The molecule has 2 rings (SSSR count). The lowest BCUT2D eigenvalue weighted by Crippen LogP contribution is -2.01. The Morgan fingerprint density at radius 1 is 1.38 bits per heavy atom. The van der Waals surface area contributed by atoms with Gasteiger partial charge in [0.1, 0.15) is 0 Å². The van der Waals surface area contributed by atoms with E-state index in [1.807, 2.05) is 0 Å². The number of aromatic nitrogens is 1. The second kappa shape index (κ2) is 4.30. The SMILES string of the molecule is Cc1cc(CNc2cccc(F)c2F)on1. The molecule has 0 amide bonds. The van der Waals surface area contributed by atoms with Crippen LogP contribution in [0.25, 0.3) is 0 Å². The molecule has 1 heterocycles. The molecule has 1 aromatic heterocycles. The van der Waals surface area contributed by atoms with Crippen molar-refractivity contribution in [3.63, 3.8) is 0 Å². The minimum Gasteiger partial charge on any atom is -0.375 e. The summed E-state index contributed by atoms with van der Waals surface area (Å²) in [5.74, 6) is -1.20. The molecule has 0 fully saturated rings. The van der Waals surface area contributed by atoms with Gasteiger partial charge in [-0.05, 0) is 19.1 Å². The minimum absolute atomic E-state index is 0.106. The second-order valence-electron chi connectivity index (χ2n) is 3.39. The van der Waals surface area contributed by atoms with Crippen molar-refractivity contribution >= 4 is 5.69 Å². The monoisotopic (exact) mass is 224 g/mol. The normalized spacial score (nSPS) is 10.4. The van der Waals surface area contributed by atoms with Crippen molar-refractivity contribution in [1.29, 1.82) is 0 Å². The third-order valence-electron chi connectivity index (χ3n) is 2.08. The van der Waals surface area contributed by atoms with Crippen molar-refractivity contribution in [2.24, 2.45) is 0 Å². The smallest absolute Gasteiger partial charge is 0.181 e. The Morgan fingerprint density at radius 3 is 2.88 bits per heavy atom. The highest BCUT2D eigenvalue weighted by Crippen LogP contribution is 2.17.